The summed E-state index contributed by atoms with van der Waals surface area (Å²) in [4.78, 5) is 11.4. The van der Waals surface area contributed by atoms with Crippen LogP contribution in [0.25, 0.3) is 0 Å². The van der Waals surface area contributed by atoms with E-state index in [1.165, 1.54) is 4.42 Å². The molecule has 0 aromatic heterocycles. The lowest BCUT2D eigenvalue weighted by Crippen LogP contribution is -2.26. The predicted molar refractivity (Wildman–Crippen MR) is 45.2 cm³/mol. The average Bonchev–Trinajstić information content (AvgIpc) is 2.16. The van der Waals surface area contributed by atoms with Gasteiger partial charge in [-0.05, 0) is 19.3 Å². The normalized spacial score (nSPS) is 26.9. The third-order valence-corrected chi connectivity index (χ3v) is 2.57. The van der Waals surface area contributed by atoms with Crippen molar-refractivity contribution < 1.29 is 4.79 Å². The minimum absolute atomic E-state index is 0.117. The number of hydrogen-bond acceptors (Lipinski definition) is 1. The molecular formula is C8H14ClNO. The lowest BCUT2D eigenvalue weighted by molar-refractivity contribution is -0.130. The number of amides is 1. The van der Waals surface area contributed by atoms with Crippen LogP contribution in [0.4, 0.5) is 0 Å². The van der Waals surface area contributed by atoms with Crippen LogP contribution in [0, 0.1) is 5.92 Å². The molecule has 3 heteroatoms. The number of halogens is 1. The Kier molecular flexibility index (Phi) is 3.18. The summed E-state index contributed by atoms with van der Waals surface area (Å²) in [6, 6.07) is 0. The van der Waals surface area contributed by atoms with Crippen molar-refractivity contribution in [1.82, 2.24) is 4.42 Å². The topological polar surface area (TPSA) is 20.3 Å². The van der Waals surface area contributed by atoms with Crippen LogP contribution in [-0.4, -0.2) is 16.9 Å². The summed E-state index contributed by atoms with van der Waals surface area (Å²) in [5.41, 5.74) is 0. The predicted octanol–water partition coefficient (Wildman–Crippen LogP) is 2.18. The van der Waals surface area contributed by atoms with Gasteiger partial charge in [-0.25, -0.2) is 0 Å². The molecule has 1 aliphatic rings. The van der Waals surface area contributed by atoms with Crippen molar-refractivity contribution in [2.45, 2.75) is 32.6 Å². The van der Waals surface area contributed by atoms with Gasteiger partial charge in [0.15, 0.2) is 0 Å². The van der Waals surface area contributed by atoms with Crippen molar-refractivity contribution in [3.8, 4) is 0 Å². The van der Waals surface area contributed by atoms with Gasteiger partial charge in [0.2, 0.25) is 5.91 Å². The first kappa shape index (κ1) is 8.85. The second-order valence-corrected chi connectivity index (χ2v) is 3.43. The van der Waals surface area contributed by atoms with Gasteiger partial charge in [-0.2, -0.15) is 0 Å². The van der Waals surface area contributed by atoms with Gasteiger partial charge in [-0.3, -0.25) is 9.21 Å². The van der Waals surface area contributed by atoms with E-state index in [0.717, 1.165) is 32.2 Å². The van der Waals surface area contributed by atoms with Crippen LogP contribution < -0.4 is 0 Å². The Labute approximate surface area is 72.6 Å². The van der Waals surface area contributed by atoms with E-state index < -0.39 is 0 Å². The maximum Gasteiger partial charge on any atom is 0.240 e. The summed E-state index contributed by atoms with van der Waals surface area (Å²) >= 11 is 5.73. The Hall–Kier alpha value is -0.240. The highest BCUT2D eigenvalue weighted by Crippen LogP contribution is 2.21. The molecule has 1 rings (SSSR count). The standard InChI is InChI=1S/C8H14ClNO/c1-2-7-5-3-4-6-10(9)8(7)11/h7H,2-6H2,1H3. The fraction of sp³-hybridized carbons (Fsp3) is 0.875. The zero-order valence-corrected chi connectivity index (χ0v) is 7.60. The molecule has 0 aromatic carbocycles. The molecule has 11 heavy (non-hydrogen) atoms. The average molecular weight is 176 g/mol. The molecule has 0 aromatic rings. The SMILES string of the molecule is CCC1CCCCN(Cl)C1=O. The Morgan fingerprint density at radius 2 is 2.36 bits per heavy atom. The van der Waals surface area contributed by atoms with E-state index in [1.807, 2.05) is 6.92 Å². The quantitative estimate of drug-likeness (QED) is 0.560. The van der Waals surface area contributed by atoms with Crippen molar-refractivity contribution in [3.05, 3.63) is 0 Å². The van der Waals surface area contributed by atoms with E-state index >= 15 is 0 Å². The summed E-state index contributed by atoms with van der Waals surface area (Å²) < 4.78 is 1.35. The number of hydrogen-bond donors (Lipinski definition) is 0. The summed E-state index contributed by atoms with van der Waals surface area (Å²) in [5, 5.41) is 0. The number of nitrogens with zero attached hydrogens (tertiary/aromatic N) is 1. The van der Waals surface area contributed by atoms with E-state index in [4.69, 9.17) is 11.8 Å². The molecule has 1 aliphatic heterocycles. The molecule has 0 bridgehead atoms. The maximum absolute atomic E-state index is 11.4. The molecule has 1 heterocycles. The maximum atomic E-state index is 11.4. The third-order valence-electron chi connectivity index (χ3n) is 2.24. The molecule has 1 atom stereocenters. The van der Waals surface area contributed by atoms with E-state index in [2.05, 4.69) is 0 Å². The first-order valence-electron chi connectivity index (χ1n) is 4.23. The Morgan fingerprint density at radius 3 is 3.00 bits per heavy atom. The minimum atomic E-state index is 0.117. The lowest BCUT2D eigenvalue weighted by Gasteiger charge is -2.14. The highest BCUT2D eigenvalue weighted by Gasteiger charge is 2.23. The van der Waals surface area contributed by atoms with Crippen molar-refractivity contribution in [2.24, 2.45) is 5.92 Å². The van der Waals surface area contributed by atoms with Gasteiger partial charge in [0.25, 0.3) is 0 Å². The first-order chi connectivity index (χ1) is 5.25. The summed E-state index contributed by atoms with van der Waals surface area (Å²) in [6.07, 6.45) is 4.11. The fourth-order valence-corrected chi connectivity index (χ4v) is 1.71. The molecule has 1 saturated heterocycles. The zero-order valence-electron chi connectivity index (χ0n) is 6.85. The molecule has 1 fully saturated rings. The van der Waals surface area contributed by atoms with Crippen molar-refractivity contribution in [1.29, 1.82) is 0 Å². The van der Waals surface area contributed by atoms with Gasteiger partial charge in [-0.15, -0.1) is 0 Å². The van der Waals surface area contributed by atoms with Crippen LogP contribution in [-0.2, 0) is 4.79 Å². The second kappa shape index (κ2) is 3.96. The molecule has 0 N–H and O–H groups in total. The van der Waals surface area contributed by atoms with E-state index in [0.29, 0.717) is 0 Å². The van der Waals surface area contributed by atoms with Crippen molar-refractivity contribution >= 4 is 17.7 Å². The number of carbonyl (C=O) groups excluding carboxylic acids is 1. The van der Waals surface area contributed by atoms with Crippen LogP contribution in [0.5, 0.6) is 0 Å². The summed E-state index contributed by atoms with van der Waals surface area (Å²) in [7, 11) is 0. The van der Waals surface area contributed by atoms with Gasteiger partial charge in [0, 0.05) is 24.2 Å². The van der Waals surface area contributed by atoms with E-state index in [-0.39, 0.29) is 11.8 Å². The summed E-state index contributed by atoms with van der Waals surface area (Å²) in [5.74, 6) is 0.293. The summed E-state index contributed by atoms with van der Waals surface area (Å²) in [6.45, 7) is 2.76. The molecule has 2 nitrogen and oxygen atoms in total. The van der Waals surface area contributed by atoms with Gasteiger partial charge >= 0.3 is 0 Å². The van der Waals surface area contributed by atoms with E-state index in [1.54, 1.807) is 0 Å². The molecule has 0 spiro atoms. The lowest BCUT2D eigenvalue weighted by atomic mass is 10.0. The Balaban J connectivity index is 2.56. The molecule has 0 aliphatic carbocycles. The van der Waals surface area contributed by atoms with Gasteiger partial charge in [0.1, 0.15) is 0 Å². The Bertz CT molecular complexity index is 149. The zero-order chi connectivity index (χ0) is 8.27. The van der Waals surface area contributed by atoms with Gasteiger partial charge < -0.3 is 0 Å². The van der Waals surface area contributed by atoms with Crippen molar-refractivity contribution in [3.63, 3.8) is 0 Å². The molecule has 0 radical (unpaired) electrons. The highest BCUT2D eigenvalue weighted by molar-refractivity contribution is 6.21. The molecule has 0 saturated carbocycles. The van der Waals surface area contributed by atoms with Crippen LogP contribution in [0.2, 0.25) is 0 Å². The highest BCUT2D eigenvalue weighted by atomic mass is 35.5. The van der Waals surface area contributed by atoms with Crippen LogP contribution in [0.1, 0.15) is 32.6 Å². The Morgan fingerprint density at radius 1 is 1.64 bits per heavy atom. The molecule has 64 valence electrons. The second-order valence-electron chi connectivity index (χ2n) is 3.02. The van der Waals surface area contributed by atoms with Gasteiger partial charge in [0.05, 0.1) is 0 Å². The minimum Gasteiger partial charge on any atom is -0.273 e. The molecule has 1 amide bonds. The monoisotopic (exact) mass is 175 g/mol. The smallest absolute Gasteiger partial charge is 0.240 e. The van der Waals surface area contributed by atoms with Crippen LogP contribution in [0.15, 0.2) is 0 Å². The number of carbonyl (C=O) groups is 1. The van der Waals surface area contributed by atoms with Crippen LogP contribution in [0.3, 0.4) is 0 Å². The third kappa shape index (κ3) is 2.09. The van der Waals surface area contributed by atoms with Crippen LogP contribution >= 0.6 is 11.8 Å². The van der Waals surface area contributed by atoms with Gasteiger partial charge in [-0.1, -0.05) is 13.3 Å². The number of rotatable bonds is 1. The first-order valence-corrected chi connectivity index (χ1v) is 4.56. The molecular weight excluding hydrogens is 162 g/mol. The van der Waals surface area contributed by atoms with E-state index in [9.17, 15) is 4.79 Å². The van der Waals surface area contributed by atoms with Crippen molar-refractivity contribution in [2.75, 3.05) is 6.54 Å². The fourth-order valence-electron chi connectivity index (χ4n) is 1.45. The molecule has 1 unspecified atom stereocenters. The largest absolute Gasteiger partial charge is 0.273 e.